The molecule has 1 fully saturated rings. The molecule has 1 saturated heterocycles. The Hall–Kier alpha value is -3.45. The van der Waals surface area contributed by atoms with Crippen molar-refractivity contribution in [2.45, 2.75) is 16.7 Å². The van der Waals surface area contributed by atoms with E-state index in [1.807, 2.05) is 6.92 Å². The minimum atomic E-state index is -4.09. The van der Waals surface area contributed by atoms with Gasteiger partial charge in [0.15, 0.2) is 0 Å². The molecule has 0 radical (unpaired) electrons. The largest absolute Gasteiger partial charge is 0.494 e. The molecule has 202 valence electrons. The van der Waals surface area contributed by atoms with E-state index in [1.54, 1.807) is 42.5 Å². The number of hydrogen-bond acceptors (Lipinski definition) is 7. The van der Waals surface area contributed by atoms with Crippen LogP contribution in [0.1, 0.15) is 6.92 Å². The summed E-state index contributed by atoms with van der Waals surface area (Å²) in [7, 11) is -7.76. The molecule has 12 heteroatoms. The van der Waals surface area contributed by atoms with E-state index < -0.39 is 32.5 Å². The summed E-state index contributed by atoms with van der Waals surface area (Å²) in [5.74, 6) is -0.0540. The molecular formula is C26H29N3O7S2. The lowest BCUT2D eigenvalue weighted by molar-refractivity contribution is -0.114. The summed E-state index contributed by atoms with van der Waals surface area (Å²) in [6, 6.07) is 20.1. The number of benzene rings is 3. The van der Waals surface area contributed by atoms with Crippen molar-refractivity contribution < 1.29 is 31.1 Å². The number of ether oxygens (including phenoxy) is 2. The molecule has 1 aliphatic rings. The third kappa shape index (κ3) is 6.33. The number of carbonyl (C=O) groups excluding carboxylic acids is 1. The highest BCUT2D eigenvalue weighted by molar-refractivity contribution is 7.92. The topological polar surface area (TPSA) is 122 Å². The molecule has 1 aliphatic heterocycles. The number of rotatable bonds is 10. The van der Waals surface area contributed by atoms with E-state index in [1.165, 1.54) is 40.7 Å². The maximum absolute atomic E-state index is 13.5. The fourth-order valence-electron chi connectivity index (χ4n) is 3.89. The summed E-state index contributed by atoms with van der Waals surface area (Å²) in [6.45, 7) is 3.01. The molecule has 38 heavy (non-hydrogen) atoms. The molecule has 0 aromatic heterocycles. The van der Waals surface area contributed by atoms with Crippen molar-refractivity contribution in [3.05, 3.63) is 78.9 Å². The Morgan fingerprint density at radius 3 is 2.11 bits per heavy atom. The zero-order valence-electron chi connectivity index (χ0n) is 20.8. The molecule has 3 aromatic carbocycles. The molecule has 1 N–H and O–H groups in total. The molecule has 0 aliphatic carbocycles. The summed E-state index contributed by atoms with van der Waals surface area (Å²) in [4.78, 5) is 13.1. The van der Waals surface area contributed by atoms with Crippen molar-refractivity contribution in [3.8, 4) is 5.75 Å². The number of para-hydroxylation sites is 1. The van der Waals surface area contributed by atoms with Gasteiger partial charge >= 0.3 is 0 Å². The zero-order valence-corrected chi connectivity index (χ0v) is 22.4. The molecule has 1 amide bonds. The Morgan fingerprint density at radius 1 is 0.895 bits per heavy atom. The SMILES string of the molecule is CCOc1ccc(S(=O)(=O)N(CC(=O)Nc2ccc(S(=O)(=O)N3CCOCC3)cc2)c2ccccc2)cc1. The second-order valence-electron chi connectivity index (χ2n) is 8.34. The Bertz CT molecular complexity index is 1440. The quantitative estimate of drug-likeness (QED) is 0.405. The first kappa shape index (κ1) is 27.6. The second kappa shape index (κ2) is 11.9. The number of sulfonamides is 2. The first-order chi connectivity index (χ1) is 18.2. The van der Waals surface area contributed by atoms with Gasteiger partial charge in [-0.15, -0.1) is 0 Å². The molecule has 0 spiro atoms. The average molecular weight is 560 g/mol. The average Bonchev–Trinajstić information content (AvgIpc) is 2.93. The van der Waals surface area contributed by atoms with Crippen molar-refractivity contribution >= 4 is 37.3 Å². The Morgan fingerprint density at radius 2 is 1.50 bits per heavy atom. The Kier molecular flexibility index (Phi) is 8.67. The van der Waals surface area contributed by atoms with Gasteiger partial charge < -0.3 is 14.8 Å². The molecule has 0 bridgehead atoms. The minimum Gasteiger partial charge on any atom is -0.494 e. The first-order valence-corrected chi connectivity index (χ1v) is 14.9. The van der Waals surface area contributed by atoms with Crippen molar-refractivity contribution in [2.75, 3.05) is 49.1 Å². The number of nitrogens with one attached hydrogen (secondary N) is 1. The number of carbonyl (C=O) groups is 1. The van der Waals surface area contributed by atoms with Gasteiger partial charge in [-0.05, 0) is 67.6 Å². The lowest BCUT2D eigenvalue weighted by atomic mass is 10.3. The Labute approximate surface area is 222 Å². The molecule has 0 unspecified atom stereocenters. The van der Waals surface area contributed by atoms with Gasteiger partial charge in [0.25, 0.3) is 10.0 Å². The van der Waals surface area contributed by atoms with Crippen molar-refractivity contribution in [1.29, 1.82) is 0 Å². The van der Waals surface area contributed by atoms with Crippen LogP contribution in [0, 0.1) is 0 Å². The smallest absolute Gasteiger partial charge is 0.264 e. The number of anilines is 2. The van der Waals surface area contributed by atoms with Gasteiger partial charge in [0.05, 0.1) is 35.3 Å². The summed E-state index contributed by atoms with van der Waals surface area (Å²) in [6.07, 6.45) is 0. The Balaban J connectivity index is 1.51. The third-order valence-corrected chi connectivity index (χ3v) is 9.50. The fourth-order valence-corrected chi connectivity index (χ4v) is 6.72. The molecule has 0 atom stereocenters. The van der Waals surface area contributed by atoms with Gasteiger partial charge in [0, 0.05) is 18.8 Å². The number of hydrogen-bond donors (Lipinski definition) is 1. The van der Waals surface area contributed by atoms with Crippen LogP contribution >= 0.6 is 0 Å². The summed E-state index contributed by atoms with van der Waals surface area (Å²) in [5, 5.41) is 2.66. The van der Waals surface area contributed by atoms with E-state index in [9.17, 15) is 21.6 Å². The maximum Gasteiger partial charge on any atom is 0.264 e. The van der Waals surface area contributed by atoms with E-state index >= 15 is 0 Å². The minimum absolute atomic E-state index is 0.00952. The normalized spacial score (nSPS) is 14.6. The van der Waals surface area contributed by atoms with Crippen molar-refractivity contribution in [1.82, 2.24) is 4.31 Å². The first-order valence-electron chi connectivity index (χ1n) is 12.0. The predicted molar refractivity (Wildman–Crippen MR) is 143 cm³/mol. The molecule has 10 nitrogen and oxygen atoms in total. The molecule has 1 heterocycles. The van der Waals surface area contributed by atoms with Crippen LogP contribution in [0.3, 0.4) is 0 Å². The lowest BCUT2D eigenvalue weighted by Gasteiger charge is -2.26. The highest BCUT2D eigenvalue weighted by atomic mass is 32.2. The van der Waals surface area contributed by atoms with Crippen LogP contribution in [0.15, 0.2) is 88.7 Å². The zero-order chi connectivity index (χ0) is 27.2. The van der Waals surface area contributed by atoms with E-state index in [2.05, 4.69) is 5.32 Å². The number of morpholine rings is 1. The maximum atomic E-state index is 13.5. The number of amides is 1. The molecule has 4 rings (SSSR count). The summed E-state index contributed by atoms with van der Waals surface area (Å²) < 4.78 is 65.7. The standard InChI is InChI=1S/C26H29N3O7S2/c1-2-36-23-10-14-25(15-11-23)38(33,34)29(22-6-4-3-5-7-22)20-26(30)27-21-8-12-24(13-9-21)37(31,32)28-16-18-35-19-17-28/h3-15H,2,16-20H2,1H3,(H,27,30). The van der Waals surface area contributed by atoms with Crippen LogP contribution in [0.2, 0.25) is 0 Å². The lowest BCUT2D eigenvalue weighted by Crippen LogP contribution is -2.40. The van der Waals surface area contributed by atoms with Gasteiger partial charge in [0.1, 0.15) is 12.3 Å². The highest BCUT2D eigenvalue weighted by Crippen LogP contribution is 2.25. The monoisotopic (exact) mass is 559 g/mol. The predicted octanol–water partition coefficient (Wildman–Crippen LogP) is 2.94. The van der Waals surface area contributed by atoms with Gasteiger partial charge in [0.2, 0.25) is 15.9 Å². The van der Waals surface area contributed by atoms with Crippen LogP contribution in [0.25, 0.3) is 0 Å². The van der Waals surface area contributed by atoms with E-state index in [4.69, 9.17) is 9.47 Å². The van der Waals surface area contributed by atoms with E-state index in [0.717, 1.165) is 4.31 Å². The van der Waals surface area contributed by atoms with Crippen LogP contribution < -0.4 is 14.4 Å². The summed E-state index contributed by atoms with van der Waals surface area (Å²) >= 11 is 0. The molecule has 3 aromatic rings. The molecule has 0 saturated carbocycles. The second-order valence-corrected chi connectivity index (χ2v) is 12.1. The van der Waals surface area contributed by atoms with Gasteiger partial charge in [-0.3, -0.25) is 9.10 Å². The van der Waals surface area contributed by atoms with Crippen LogP contribution in [-0.2, 0) is 29.6 Å². The van der Waals surface area contributed by atoms with Gasteiger partial charge in [-0.1, -0.05) is 18.2 Å². The van der Waals surface area contributed by atoms with Gasteiger partial charge in [-0.25, -0.2) is 16.8 Å². The number of nitrogens with zero attached hydrogens (tertiary/aromatic N) is 2. The van der Waals surface area contributed by atoms with Gasteiger partial charge in [-0.2, -0.15) is 4.31 Å². The molecular weight excluding hydrogens is 530 g/mol. The highest BCUT2D eigenvalue weighted by Gasteiger charge is 2.28. The van der Waals surface area contributed by atoms with Crippen LogP contribution in [0.4, 0.5) is 11.4 Å². The third-order valence-electron chi connectivity index (χ3n) is 5.80. The van der Waals surface area contributed by atoms with E-state index in [0.29, 0.717) is 36.9 Å². The van der Waals surface area contributed by atoms with Crippen molar-refractivity contribution in [2.24, 2.45) is 0 Å². The van der Waals surface area contributed by atoms with Crippen LogP contribution in [0.5, 0.6) is 5.75 Å². The fraction of sp³-hybridized carbons (Fsp3) is 0.269. The van der Waals surface area contributed by atoms with Crippen LogP contribution in [-0.4, -0.2) is 66.5 Å². The summed E-state index contributed by atoms with van der Waals surface area (Å²) in [5.41, 5.74) is 0.658. The van der Waals surface area contributed by atoms with Crippen molar-refractivity contribution in [3.63, 3.8) is 0 Å². The van der Waals surface area contributed by atoms with E-state index in [-0.39, 0.29) is 22.9 Å².